The molecule has 1 aromatic carbocycles. The number of anilines is 1. The molecule has 0 aliphatic heterocycles. The second-order valence-corrected chi connectivity index (χ2v) is 5.50. The van der Waals surface area contributed by atoms with Gasteiger partial charge in [-0.1, -0.05) is 18.2 Å². The average molecular weight is 374 g/mol. The van der Waals surface area contributed by atoms with Crippen LogP contribution in [-0.2, 0) is 4.65 Å². The van der Waals surface area contributed by atoms with Crippen molar-refractivity contribution in [2.24, 2.45) is 0 Å². The van der Waals surface area contributed by atoms with Crippen molar-refractivity contribution in [3.63, 3.8) is 0 Å². The van der Waals surface area contributed by atoms with Gasteiger partial charge < -0.3 is 14.3 Å². The summed E-state index contributed by atoms with van der Waals surface area (Å²) in [5.74, 6) is 1.21. The first-order valence-corrected chi connectivity index (χ1v) is 7.68. The normalized spacial score (nSPS) is 10.6. The zero-order valence-corrected chi connectivity index (χ0v) is 14.1. The van der Waals surface area contributed by atoms with Gasteiger partial charge >= 0.3 is 7.05 Å². The number of benzene rings is 1. The monoisotopic (exact) mass is 373 g/mol. The van der Waals surface area contributed by atoms with Crippen molar-refractivity contribution in [2.45, 2.75) is 6.82 Å². The summed E-state index contributed by atoms with van der Waals surface area (Å²) in [6, 6.07) is 9.54. The molecule has 0 aliphatic carbocycles. The molecule has 0 radical (unpaired) electrons. The first-order chi connectivity index (χ1) is 11.2. The molecule has 3 rings (SSSR count). The van der Waals surface area contributed by atoms with Gasteiger partial charge in [-0.15, -0.1) is 10.2 Å². The van der Waals surface area contributed by atoms with Crippen LogP contribution in [0.15, 0.2) is 45.5 Å². The fraction of sp³-hybridized carbons (Fsp3) is 0.143. The molecule has 0 unspecified atom stereocenters. The van der Waals surface area contributed by atoms with Crippen molar-refractivity contribution < 1.29 is 9.07 Å². The largest absolute Gasteiger partial charge is 0.420 e. The van der Waals surface area contributed by atoms with E-state index >= 15 is 0 Å². The second-order valence-electron chi connectivity index (χ2n) is 4.69. The Morgan fingerprint density at radius 1 is 1.17 bits per heavy atom. The van der Waals surface area contributed by atoms with E-state index in [0.29, 0.717) is 22.0 Å². The number of nitrogens with zero attached hydrogens (tertiary/aromatic N) is 4. The summed E-state index contributed by atoms with van der Waals surface area (Å²) in [5, 5.41) is 11.2. The van der Waals surface area contributed by atoms with Crippen LogP contribution in [0.2, 0.25) is 6.82 Å². The zero-order chi connectivity index (χ0) is 16.2. The van der Waals surface area contributed by atoms with Gasteiger partial charge in [-0.05, 0) is 34.9 Å². The molecule has 3 aromatic rings. The van der Waals surface area contributed by atoms with Crippen LogP contribution in [0, 0.1) is 0 Å². The lowest BCUT2D eigenvalue weighted by atomic mass is 9.88. The van der Waals surface area contributed by atoms with Crippen molar-refractivity contribution in [3.05, 3.63) is 41.1 Å². The van der Waals surface area contributed by atoms with E-state index < -0.39 is 0 Å². The van der Waals surface area contributed by atoms with E-state index in [1.807, 2.05) is 37.2 Å². The summed E-state index contributed by atoms with van der Waals surface area (Å²) in [6.07, 6.45) is 1.59. The fourth-order valence-electron chi connectivity index (χ4n) is 1.89. The highest BCUT2D eigenvalue weighted by molar-refractivity contribution is 9.10. The molecule has 0 spiro atoms. The highest BCUT2D eigenvalue weighted by Crippen LogP contribution is 2.27. The maximum atomic E-state index is 5.74. The summed E-state index contributed by atoms with van der Waals surface area (Å²) in [4.78, 5) is 8.67. The van der Waals surface area contributed by atoms with Gasteiger partial charge in [0.15, 0.2) is 5.69 Å². The maximum absolute atomic E-state index is 5.74. The average Bonchev–Trinajstić information content (AvgIpc) is 3.07. The van der Waals surface area contributed by atoms with Crippen molar-refractivity contribution in [2.75, 3.05) is 12.3 Å². The molecule has 0 saturated carbocycles. The van der Waals surface area contributed by atoms with Crippen LogP contribution >= 0.6 is 15.9 Å². The Balaban J connectivity index is 1.98. The Morgan fingerprint density at radius 2 is 1.91 bits per heavy atom. The second kappa shape index (κ2) is 6.88. The van der Waals surface area contributed by atoms with Gasteiger partial charge in [-0.3, -0.25) is 0 Å². The third kappa shape index (κ3) is 3.57. The first-order valence-electron chi connectivity index (χ1n) is 6.88. The Hall–Kier alpha value is -2.26. The van der Waals surface area contributed by atoms with Gasteiger partial charge in [-0.25, -0.2) is 9.97 Å². The van der Waals surface area contributed by atoms with Gasteiger partial charge in [0, 0.05) is 12.7 Å². The van der Waals surface area contributed by atoms with E-state index in [4.69, 9.17) is 9.07 Å². The van der Waals surface area contributed by atoms with Crippen LogP contribution in [0.1, 0.15) is 0 Å². The topological polar surface area (TPSA) is 86.0 Å². The minimum atomic E-state index is -0.235. The summed E-state index contributed by atoms with van der Waals surface area (Å²) < 4.78 is 11.5. The smallest absolute Gasteiger partial charge is 0.410 e. The van der Waals surface area contributed by atoms with Crippen LogP contribution in [0.3, 0.4) is 0 Å². The predicted molar refractivity (Wildman–Crippen MR) is 90.7 cm³/mol. The van der Waals surface area contributed by atoms with Crippen molar-refractivity contribution >= 4 is 28.8 Å². The van der Waals surface area contributed by atoms with E-state index in [0.717, 1.165) is 5.56 Å². The minimum Gasteiger partial charge on any atom is -0.420 e. The van der Waals surface area contributed by atoms with Crippen LogP contribution in [-0.4, -0.2) is 34.3 Å². The summed E-state index contributed by atoms with van der Waals surface area (Å²) >= 11 is 3.31. The number of nitrogens with one attached hydrogen (secondary N) is 1. The van der Waals surface area contributed by atoms with Crippen LogP contribution in [0.4, 0.5) is 5.82 Å². The van der Waals surface area contributed by atoms with Crippen molar-refractivity contribution in [3.8, 4) is 23.0 Å². The molecule has 2 aromatic heterocycles. The summed E-state index contributed by atoms with van der Waals surface area (Å²) in [5.41, 5.74) is 1.30. The highest BCUT2D eigenvalue weighted by atomic mass is 79.9. The van der Waals surface area contributed by atoms with Crippen LogP contribution in [0.5, 0.6) is 0 Å². The third-order valence-corrected chi connectivity index (χ3v) is 3.47. The number of hydrogen-bond acceptors (Lipinski definition) is 7. The maximum Gasteiger partial charge on any atom is 0.410 e. The third-order valence-electron chi connectivity index (χ3n) is 3.08. The molecule has 116 valence electrons. The molecule has 0 fully saturated rings. The number of hydrogen-bond donors (Lipinski definition) is 1. The van der Waals surface area contributed by atoms with Gasteiger partial charge in [0.25, 0.3) is 5.89 Å². The molecule has 0 aliphatic rings. The molecule has 0 saturated heterocycles. The highest BCUT2D eigenvalue weighted by Gasteiger charge is 2.19. The molecule has 9 heteroatoms. The number of rotatable bonds is 5. The van der Waals surface area contributed by atoms with Crippen molar-refractivity contribution in [1.82, 2.24) is 20.2 Å². The molecular weight excluding hydrogens is 361 g/mol. The van der Waals surface area contributed by atoms with E-state index in [1.54, 1.807) is 13.3 Å². The molecule has 0 bridgehead atoms. The quantitative estimate of drug-likeness (QED) is 0.687. The first kappa shape index (κ1) is 15.6. The minimum absolute atomic E-state index is 0.235. The Labute approximate surface area is 141 Å². The van der Waals surface area contributed by atoms with E-state index in [9.17, 15) is 0 Å². The molecule has 2 heterocycles. The number of halogens is 1. The Kier molecular flexibility index (Phi) is 4.68. The zero-order valence-electron chi connectivity index (χ0n) is 12.5. The van der Waals surface area contributed by atoms with Gasteiger partial charge in [-0.2, -0.15) is 0 Å². The summed E-state index contributed by atoms with van der Waals surface area (Å²) in [7, 11) is 1.37. The SMILES string of the molecule is COB(C)Nc1ncc(Br)nc1-c1nnc(-c2ccccc2)o1. The van der Waals surface area contributed by atoms with Gasteiger partial charge in [0.2, 0.25) is 5.89 Å². The lowest BCUT2D eigenvalue weighted by Gasteiger charge is -2.10. The Bertz CT molecular complexity index is 799. The Morgan fingerprint density at radius 3 is 2.65 bits per heavy atom. The molecular formula is C14H13BBrN5O2. The predicted octanol–water partition coefficient (Wildman–Crippen LogP) is 3.13. The lowest BCUT2D eigenvalue weighted by molar-refractivity contribution is 0.430. The molecule has 0 amide bonds. The summed E-state index contributed by atoms with van der Waals surface area (Å²) in [6.45, 7) is 1.86. The van der Waals surface area contributed by atoms with E-state index in [2.05, 4.69) is 41.3 Å². The van der Waals surface area contributed by atoms with Gasteiger partial charge in [0.05, 0.1) is 6.20 Å². The lowest BCUT2D eigenvalue weighted by Crippen LogP contribution is -2.24. The molecule has 7 nitrogen and oxygen atoms in total. The van der Waals surface area contributed by atoms with E-state index in [1.165, 1.54) is 0 Å². The fourth-order valence-corrected chi connectivity index (χ4v) is 2.17. The van der Waals surface area contributed by atoms with Crippen LogP contribution < -0.4 is 5.23 Å². The van der Waals surface area contributed by atoms with Crippen molar-refractivity contribution in [1.29, 1.82) is 0 Å². The number of aromatic nitrogens is 4. The standard InChI is InChI=1S/C14H13BBrN5O2/c1-15(22-2)19-12-11(18-10(16)8-17-12)14-21-20-13(23-14)9-6-4-3-5-7-9/h3-8H,1-2H3,(H,17,19). The van der Waals surface area contributed by atoms with Gasteiger partial charge in [0.1, 0.15) is 10.4 Å². The molecule has 23 heavy (non-hydrogen) atoms. The molecule has 1 N–H and O–H groups in total. The molecule has 0 atom stereocenters. The van der Waals surface area contributed by atoms with Crippen LogP contribution in [0.25, 0.3) is 23.0 Å². The van der Waals surface area contributed by atoms with E-state index in [-0.39, 0.29) is 12.9 Å².